The summed E-state index contributed by atoms with van der Waals surface area (Å²) < 4.78 is 7.47. The van der Waals surface area contributed by atoms with Crippen molar-refractivity contribution in [3.05, 3.63) is 30.1 Å². The van der Waals surface area contributed by atoms with Crippen LogP contribution in [0.4, 0.5) is 0 Å². The van der Waals surface area contributed by atoms with Gasteiger partial charge in [0.25, 0.3) is 0 Å². The first-order valence-corrected chi connectivity index (χ1v) is 6.22. The number of para-hydroxylation sites is 2. The maximum Gasteiger partial charge on any atom is 0.112 e. The zero-order valence-corrected chi connectivity index (χ0v) is 10.8. The van der Waals surface area contributed by atoms with E-state index >= 15 is 0 Å². The highest BCUT2D eigenvalue weighted by Crippen LogP contribution is 2.23. The lowest BCUT2D eigenvalue weighted by molar-refractivity contribution is 0.187. The Bertz CT molecular complexity index is 490. The maximum atomic E-state index is 5.18. The SMILES string of the molecule is CCC(C)c1nc2ccccc2n1CCOC. The van der Waals surface area contributed by atoms with Crippen LogP contribution in [0.1, 0.15) is 32.0 Å². The van der Waals surface area contributed by atoms with Crippen LogP contribution in [0.2, 0.25) is 0 Å². The van der Waals surface area contributed by atoms with Gasteiger partial charge in [-0.05, 0) is 18.6 Å². The average Bonchev–Trinajstić information content (AvgIpc) is 2.74. The average molecular weight is 232 g/mol. The number of nitrogens with zero attached hydrogens (tertiary/aromatic N) is 2. The first-order chi connectivity index (χ1) is 8.27. The number of fused-ring (bicyclic) bond motifs is 1. The van der Waals surface area contributed by atoms with Gasteiger partial charge >= 0.3 is 0 Å². The van der Waals surface area contributed by atoms with Crippen LogP contribution in [0.25, 0.3) is 11.0 Å². The zero-order chi connectivity index (χ0) is 12.3. The summed E-state index contributed by atoms with van der Waals surface area (Å²) >= 11 is 0. The van der Waals surface area contributed by atoms with Gasteiger partial charge in [0.15, 0.2) is 0 Å². The standard InChI is InChI=1S/C14H20N2O/c1-4-11(2)14-15-12-7-5-6-8-13(12)16(14)9-10-17-3/h5-8,11H,4,9-10H2,1-3H3. The summed E-state index contributed by atoms with van der Waals surface area (Å²) in [5, 5.41) is 0. The van der Waals surface area contributed by atoms with E-state index in [0.717, 1.165) is 25.1 Å². The number of ether oxygens (including phenoxy) is 1. The number of rotatable bonds is 5. The van der Waals surface area contributed by atoms with Crippen LogP contribution in [-0.2, 0) is 11.3 Å². The second-order valence-electron chi connectivity index (χ2n) is 4.41. The van der Waals surface area contributed by atoms with Gasteiger partial charge < -0.3 is 9.30 Å². The third-order valence-electron chi connectivity index (χ3n) is 3.26. The Kier molecular flexibility index (Phi) is 3.79. The van der Waals surface area contributed by atoms with Crippen LogP contribution in [0.15, 0.2) is 24.3 Å². The van der Waals surface area contributed by atoms with E-state index in [1.807, 2.05) is 6.07 Å². The van der Waals surface area contributed by atoms with E-state index in [1.54, 1.807) is 7.11 Å². The van der Waals surface area contributed by atoms with E-state index in [1.165, 1.54) is 11.3 Å². The molecule has 0 saturated carbocycles. The Balaban J connectivity index is 2.48. The van der Waals surface area contributed by atoms with E-state index < -0.39 is 0 Å². The Labute approximate surface area is 102 Å². The van der Waals surface area contributed by atoms with Gasteiger partial charge in [0.05, 0.1) is 17.6 Å². The van der Waals surface area contributed by atoms with Crippen molar-refractivity contribution in [1.82, 2.24) is 9.55 Å². The highest BCUT2D eigenvalue weighted by molar-refractivity contribution is 5.76. The summed E-state index contributed by atoms with van der Waals surface area (Å²) in [5.41, 5.74) is 2.29. The van der Waals surface area contributed by atoms with Crippen molar-refractivity contribution in [2.75, 3.05) is 13.7 Å². The molecular formula is C14H20N2O. The van der Waals surface area contributed by atoms with Crippen molar-refractivity contribution in [1.29, 1.82) is 0 Å². The molecule has 1 aromatic carbocycles. The minimum Gasteiger partial charge on any atom is -0.383 e. The normalized spacial score (nSPS) is 13.1. The number of aromatic nitrogens is 2. The summed E-state index contributed by atoms with van der Waals surface area (Å²) in [4.78, 5) is 4.74. The summed E-state index contributed by atoms with van der Waals surface area (Å²) in [7, 11) is 1.74. The van der Waals surface area contributed by atoms with Crippen LogP contribution in [0, 0.1) is 0 Å². The van der Waals surface area contributed by atoms with Gasteiger partial charge in [0.1, 0.15) is 5.82 Å². The number of methoxy groups -OCH3 is 1. The lowest BCUT2D eigenvalue weighted by atomic mass is 10.1. The minimum absolute atomic E-state index is 0.485. The van der Waals surface area contributed by atoms with Crippen molar-refractivity contribution in [3.8, 4) is 0 Å². The third-order valence-corrected chi connectivity index (χ3v) is 3.26. The van der Waals surface area contributed by atoms with E-state index in [2.05, 4.69) is 36.6 Å². The molecule has 0 aliphatic rings. The molecule has 2 aromatic rings. The second-order valence-corrected chi connectivity index (χ2v) is 4.41. The Morgan fingerprint density at radius 1 is 1.35 bits per heavy atom. The largest absolute Gasteiger partial charge is 0.383 e. The highest BCUT2D eigenvalue weighted by Gasteiger charge is 2.14. The zero-order valence-electron chi connectivity index (χ0n) is 10.8. The van der Waals surface area contributed by atoms with Crippen LogP contribution < -0.4 is 0 Å². The lowest BCUT2D eigenvalue weighted by Crippen LogP contribution is -2.10. The molecule has 17 heavy (non-hydrogen) atoms. The summed E-state index contributed by atoms with van der Waals surface area (Å²) in [6.45, 7) is 6.02. The minimum atomic E-state index is 0.485. The van der Waals surface area contributed by atoms with Gasteiger partial charge in [-0.2, -0.15) is 0 Å². The lowest BCUT2D eigenvalue weighted by Gasteiger charge is -2.12. The van der Waals surface area contributed by atoms with Crippen LogP contribution in [-0.4, -0.2) is 23.3 Å². The quantitative estimate of drug-likeness (QED) is 0.791. The molecule has 3 nitrogen and oxygen atoms in total. The summed E-state index contributed by atoms with van der Waals surface area (Å²) in [5.74, 6) is 1.66. The van der Waals surface area contributed by atoms with E-state index in [9.17, 15) is 0 Å². The van der Waals surface area contributed by atoms with Gasteiger partial charge in [-0.25, -0.2) is 4.98 Å². The molecule has 92 valence electrons. The molecule has 1 atom stereocenters. The predicted molar refractivity (Wildman–Crippen MR) is 70.3 cm³/mol. The molecule has 3 heteroatoms. The molecule has 0 saturated heterocycles. The summed E-state index contributed by atoms with van der Waals surface area (Å²) in [6, 6.07) is 8.30. The predicted octanol–water partition coefficient (Wildman–Crippen LogP) is 3.20. The van der Waals surface area contributed by atoms with Gasteiger partial charge in [-0.1, -0.05) is 26.0 Å². The molecule has 0 aliphatic carbocycles. The molecule has 0 bridgehead atoms. The third kappa shape index (κ3) is 2.34. The van der Waals surface area contributed by atoms with E-state index in [0.29, 0.717) is 5.92 Å². The van der Waals surface area contributed by atoms with Crippen molar-refractivity contribution in [2.45, 2.75) is 32.7 Å². The number of benzene rings is 1. The smallest absolute Gasteiger partial charge is 0.112 e. The Morgan fingerprint density at radius 2 is 2.12 bits per heavy atom. The molecule has 0 N–H and O–H groups in total. The van der Waals surface area contributed by atoms with E-state index in [-0.39, 0.29) is 0 Å². The molecule has 1 unspecified atom stereocenters. The van der Waals surface area contributed by atoms with Crippen LogP contribution >= 0.6 is 0 Å². The fraction of sp³-hybridized carbons (Fsp3) is 0.500. The van der Waals surface area contributed by atoms with Crippen LogP contribution in [0.5, 0.6) is 0 Å². The fourth-order valence-electron chi connectivity index (χ4n) is 2.07. The number of hydrogen-bond donors (Lipinski definition) is 0. The molecule has 1 heterocycles. The highest BCUT2D eigenvalue weighted by atomic mass is 16.5. The fourth-order valence-corrected chi connectivity index (χ4v) is 2.07. The Hall–Kier alpha value is -1.35. The second kappa shape index (κ2) is 5.32. The topological polar surface area (TPSA) is 27.1 Å². The molecule has 0 radical (unpaired) electrons. The Morgan fingerprint density at radius 3 is 2.82 bits per heavy atom. The van der Waals surface area contributed by atoms with Crippen LogP contribution in [0.3, 0.4) is 0 Å². The van der Waals surface area contributed by atoms with Gasteiger partial charge in [0, 0.05) is 19.6 Å². The first kappa shape index (κ1) is 12.1. The molecule has 1 aromatic heterocycles. The van der Waals surface area contributed by atoms with Gasteiger partial charge in [-0.3, -0.25) is 0 Å². The monoisotopic (exact) mass is 232 g/mol. The van der Waals surface area contributed by atoms with Crippen molar-refractivity contribution < 1.29 is 4.74 Å². The first-order valence-electron chi connectivity index (χ1n) is 6.22. The van der Waals surface area contributed by atoms with Crippen molar-refractivity contribution in [3.63, 3.8) is 0 Å². The molecule has 0 aliphatic heterocycles. The van der Waals surface area contributed by atoms with Gasteiger partial charge in [0.2, 0.25) is 0 Å². The number of hydrogen-bond acceptors (Lipinski definition) is 2. The molecular weight excluding hydrogens is 212 g/mol. The molecule has 0 amide bonds. The molecule has 0 fully saturated rings. The molecule has 0 spiro atoms. The van der Waals surface area contributed by atoms with Crippen molar-refractivity contribution in [2.24, 2.45) is 0 Å². The van der Waals surface area contributed by atoms with Crippen molar-refractivity contribution >= 4 is 11.0 Å². The number of imidazole rings is 1. The maximum absolute atomic E-state index is 5.18. The van der Waals surface area contributed by atoms with Gasteiger partial charge in [-0.15, -0.1) is 0 Å². The van der Waals surface area contributed by atoms with E-state index in [4.69, 9.17) is 9.72 Å². The summed E-state index contributed by atoms with van der Waals surface area (Å²) in [6.07, 6.45) is 1.11. The molecule has 2 rings (SSSR count).